The van der Waals surface area contributed by atoms with Gasteiger partial charge in [-0.2, -0.15) is 0 Å². The molecule has 3 fully saturated rings. The first-order valence-electron chi connectivity index (χ1n) is 35.3. The van der Waals surface area contributed by atoms with Gasteiger partial charge in [0.05, 0.1) is 56.8 Å². The molecule has 14 N–H and O–H groups in total. The maximum atomic E-state index is 14.1. The van der Waals surface area contributed by atoms with Gasteiger partial charge in [0, 0.05) is 19.8 Å². The third kappa shape index (κ3) is 27.8. The molecule has 0 spiro atoms. The Kier molecular flexibility index (Phi) is 40.6. The summed E-state index contributed by atoms with van der Waals surface area (Å²) >= 11 is 0. The molecule has 0 radical (unpaired) electrons. The highest BCUT2D eigenvalue weighted by Gasteiger charge is 2.60. The van der Waals surface area contributed by atoms with Crippen LogP contribution in [-0.4, -0.2) is 239 Å². The summed E-state index contributed by atoms with van der Waals surface area (Å²) in [7, 11) is 0. The Balaban J connectivity index is 1.58. The van der Waals surface area contributed by atoms with Crippen LogP contribution in [0.3, 0.4) is 0 Å². The lowest BCUT2D eigenvalue weighted by molar-refractivity contribution is -0.386. The minimum Gasteiger partial charge on any atom is -0.477 e. The fourth-order valence-corrected chi connectivity index (χ4v) is 12.7. The molecule has 3 saturated heterocycles. The average Bonchev–Trinajstić information content (AvgIpc) is 0.776. The molecular weight excluding hydrogens is 1210 g/mol. The summed E-state index contributed by atoms with van der Waals surface area (Å²) in [6, 6.07) is 6.35. The molecule has 538 valence electrons. The smallest absolute Gasteiger partial charge is 0.364 e. The van der Waals surface area contributed by atoms with Crippen molar-refractivity contribution in [1.82, 2.24) is 15.5 Å². The monoisotopic (exact) mass is 1330 g/mol. The van der Waals surface area contributed by atoms with Crippen LogP contribution < -0.4 is 10.6 Å². The van der Waals surface area contributed by atoms with E-state index >= 15 is 0 Å². The maximum Gasteiger partial charge on any atom is 0.364 e. The lowest BCUT2D eigenvalue weighted by Gasteiger charge is -2.50. The molecule has 3 unspecified atom stereocenters. The molecular formula is C69H121N3O21. The minimum atomic E-state index is -3.10. The van der Waals surface area contributed by atoms with Gasteiger partial charge in [-0.05, 0) is 37.9 Å². The highest BCUT2D eigenvalue weighted by Crippen LogP contribution is 2.39. The zero-order chi connectivity index (χ0) is 68.1. The molecule has 3 aliphatic heterocycles. The summed E-state index contributed by atoms with van der Waals surface area (Å²) in [6.45, 7) is 5.53. The number of hydrogen-bond donors (Lipinski definition) is 14. The Bertz CT molecular complexity index is 2160. The molecule has 0 saturated carbocycles. The number of aliphatic carboxylic acids is 1. The summed E-state index contributed by atoms with van der Waals surface area (Å²) in [5, 5.41) is 139. The van der Waals surface area contributed by atoms with Gasteiger partial charge in [0.2, 0.25) is 11.8 Å². The Labute approximate surface area is 552 Å². The van der Waals surface area contributed by atoms with Gasteiger partial charge in [0.15, 0.2) is 12.6 Å². The van der Waals surface area contributed by atoms with Gasteiger partial charge >= 0.3 is 5.97 Å². The van der Waals surface area contributed by atoms with Gasteiger partial charge in [-0.25, -0.2) is 4.79 Å². The number of nitrogens with one attached hydrogen (secondary N) is 2. The predicted molar refractivity (Wildman–Crippen MR) is 349 cm³/mol. The normalized spacial score (nSPS) is 28.5. The highest BCUT2D eigenvalue weighted by molar-refractivity contribution is 5.77. The summed E-state index contributed by atoms with van der Waals surface area (Å²) in [5.41, 5.74) is 0.904. The van der Waals surface area contributed by atoms with Crippen molar-refractivity contribution in [2.24, 2.45) is 0 Å². The minimum absolute atomic E-state index is 0.178. The maximum absolute atomic E-state index is 14.1. The molecule has 3 heterocycles. The van der Waals surface area contributed by atoms with Crippen LogP contribution in [0.25, 0.3) is 6.08 Å². The fourth-order valence-electron chi connectivity index (χ4n) is 12.7. The van der Waals surface area contributed by atoms with Crippen molar-refractivity contribution in [3.63, 3.8) is 0 Å². The Morgan fingerprint density at radius 3 is 1.65 bits per heavy atom. The van der Waals surface area contributed by atoms with Gasteiger partial charge in [0.1, 0.15) is 67.1 Å². The molecule has 1 aromatic rings. The Morgan fingerprint density at radius 2 is 1.15 bits per heavy atom. The van der Waals surface area contributed by atoms with E-state index in [0.717, 1.165) is 115 Å². The molecule has 2 amide bonds. The summed E-state index contributed by atoms with van der Waals surface area (Å²) in [5.74, 6) is -6.16. The zero-order valence-electron chi connectivity index (χ0n) is 56.2. The van der Waals surface area contributed by atoms with Gasteiger partial charge in [-0.15, -0.1) is 0 Å². The van der Waals surface area contributed by atoms with Crippen molar-refractivity contribution in [1.29, 1.82) is 0 Å². The molecule has 4 rings (SSSR count). The number of carbonyl (C=O) groups excluding carboxylic acids is 2. The first-order chi connectivity index (χ1) is 44.8. The SMILES string of the molecule is CCCCCCCCCCCCCCCCCC(=O)N[C@@H](CO[C@@H]1O[C@H](CO)[C@@H](O[C@@H]2O[C@H](CO)[C@H](O)[C@H](O[C@]3(C(=O)O)C[C@H](O)C(NC(C)=O)C([C@H](O)[C@H](O)CO)O3)[C@H]2O)[C@H](O)[C@H]1O)[C@H](O)C(/C=C/c1ccccc1)N(CCCCCCCC)CCCCCCCC. The lowest BCUT2D eigenvalue weighted by atomic mass is 9.88. The molecule has 19 atom stereocenters. The number of aliphatic hydroxyl groups is 11. The Hall–Kier alpha value is -3.35. The number of carboxylic acids is 1. The first-order valence-corrected chi connectivity index (χ1v) is 35.3. The molecule has 3 aliphatic rings. The van der Waals surface area contributed by atoms with Crippen LogP contribution in [0.1, 0.15) is 219 Å². The van der Waals surface area contributed by atoms with Crippen LogP contribution in [0.2, 0.25) is 0 Å². The number of hydrogen-bond acceptors (Lipinski definition) is 21. The van der Waals surface area contributed by atoms with Crippen molar-refractivity contribution < 1.29 is 104 Å². The molecule has 0 aliphatic carbocycles. The standard InChI is InChI=1S/C69H121N3O21/c1-5-8-11-14-17-18-19-20-21-22-23-24-25-26-32-37-55(79)71-49(57(80)50(39-38-48-35-30-29-31-36-48)72(40-33-27-15-12-9-6-2)41-34-28-16-13-10-7-3)46-88-66-61(84)60(83)63(54(45-75)90-66)91-67-62(85)65(59(82)53(44-74)89-67)93-69(68(86)87)42-51(77)56(70-47(4)76)64(92-69)58(81)52(78)43-73/h29-31,35-36,38-39,49-54,56-67,73-75,77-78,80-85H,5-28,32-34,37,40-46H2,1-4H3,(H,70,76)(H,71,79)(H,86,87)/b39-38+/t49-,50?,51-,52+,53+,54+,56?,57-,58+,59-,60+,61+,62+,63+,64?,65-,66+,67-,69-/m0/s1. The van der Waals surface area contributed by atoms with Crippen molar-refractivity contribution in [2.75, 3.05) is 39.5 Å². The molecule has 1 aromatic carbocycles. The fraction of sp³-hybridized carbons (Fsp3) is 0.841. The van der Waals surface area contributed by atoms with E-state index in [1.54, 1.807) is 0 Å². The highest BCUT2D eigenvalue weighted by atomic mass is 16.8. The molecule has 93 heavy (non-hydrogen) atoms. The van der Waals surface area contributed by atoms with Crippen LogP contribution in [-0.2, 0) is 42.8 Å². The molecule has 0 bridgehead atoms. The second-order valence-electron chi connectivity index (χ2n) is 26.0. The van der Waals surface area contributed by atoms with Crippen LogP contribution >= 0.6 is 0 Å². The van der Waals surface area contributed by atoms with Crippen LogP contribution in [0.15, 0.2) is 36.4 Å². The van der Waals surface area contributed by atoms with E-state index in [9.17, 15) is 75.7 Å². The molecule has 24 heteroatoms. The van der Waals surface area contributed by atoms with Gasteiger partial charge in [0.25, 0.3) is 5.79 Å². The number of ether oxygens (including phenoxy) is 6. The average molecular weight is 1330 g/mol. The van der Waals surface area contributed by atoms with E-state index in [0.29, 0.717) is 19.5 Å². The van der Waals surface area contributed by atoms with Crippen molar-refractivity contribution in [3.05, 3.63) is 42.0 Å². The third-order valence-corrected chi connectivity index (χ3v) is 18.3. The summed E-state index contributed by atoms with van der Waals surface area (Å²) in [4.78, 5) is 41.7. The number of rotatable bonds is 50. The number of carbonyl (C=O) groups is 3. The number of aliphatic hydroxyl groups excluding tert-OH is 11. The first kappa shape index (κ1) is 82.1. The number of benzene rings is 1. The number of nitrogens with zero attached hydrogens (tertiary/aromatic N) is 1. The topological polar surface area (TPSA) is 377 Å². The Morgan fingerprint density at radius 1 is 0.645 bits per heavy atom. The zero-order valence-corrected chi connectivity index (χ0v) is 56.2. The lowest BCUT2D eigenvalue weighted by Crippen LogP contribution is -2.70. The van der Waals surface area contributed by atoms with Crippen molar-refractivity contribution in [2.45, 2.75) is 330 Å². The van der Waals surface area contributed by atoms with Gasteiger partial charge < -0.3 is 100 Å². The van der Waals surface area contributed by atoms with E-state index in [2.05, 4.69) is 36.3 Å². The number of unbranched alkanes of at least 4 members (excludes halogenated alkanes) is 24. The number of carboxylic acid groups (broad SMARTS) is 1. The predicted octanol–water partition coefficient (Wildman–Crippen LogP) is 5.01. The number of amides is 2. The second kappa shape index (κ2) is 46.0. The van der Waals surface area contributed by atoms with E-state index < -0.39 is 161 Å². The second-order valence-corrected chi connectivity index (χ2v) is 26.0. The molecule has 24 nitrogen and oxygen atoms in total. The summed E-state index contributed by atoms with van der Waals surface area (Å²) < 4.78 is 35.6. The van der Waals surface area contributed by atoms with Gasteiger partial charge in [-0.3, -0.25) is 14.5 Å². The van der Waals surface area contributed by atoms with E-state index in [-0.39, 0.29) is 12.3 Å². The van der Waals surface area contributed by atoms with E-state index in [4.69, 9.17) is 28.4 Å². The van der Waals surface area contributed by atoms with Crippen LogP contribution in [0, 0.1) is 0 Å². The van der Waals surface area contributed by atoms with Crippen molar-refractivity contribution in [3.8, 4) is 0 Å². The van der Waals surface area contributed by atoms with E-state index in [1.807, 2.05) is 42.5 Å². The quantitative estimate of drug-likeness (QED) is 0.0381. The summed E-state index contributed by atoms with van der Waals surface area (Å²) in [6.07, 6.45) is 4.37. The van der Waals surface area contributed by atoms with Crippen LogP contribution in [0.5, 0.6) is 0 Å². The third-order valence-electron chi connectivity index (χ3n) is 18.3. The largest absolute Gasteiger partial charge is 0.477 e. The van der Waals surface area contributed by atoms with Gasteiger partial charge in [-0.1, -0.05) is 217 Å². The van der Waals surface area contributed by atoms with Crippen LogP contribution in [0.4, 0.5) is 0 Å². The van der Waals surface area contributed by atoms with E-state index in [1.165, 1.54) is 64.2 Å². The molecule has 0 aromatic heterocycles. The van der Waals surface area contributed by atoms with Crippen molar-refractivity contribution >= 4 is 23.9 Å².